The van der Waals surface area contributed by atoms with Gasteiger partial charge in [-0.3, -0.25) is 4.98 Å². The van der Waals surface area contributed by atoms with Crippen LogP contribution in [0.2, 0.25) is 0 Å². The smallest absolute Gasteiger partial charge is 0.0669 e. The molecule has 3 nitrogen and oxygen atoms in total. The van der Waals surface area contributed by atoms with Crippen LogP contribution in [-0.4, -0.2) is 16.1 Å². The molecule has 2 aromatic rings. The van der Waals surface area contributed by atoms with Crippen molar-refractivity contribution in [2.24, 2.45) is 5.73 Å². The van der Waals surface area contributed by atoms with Crippen molar-refractivity contribution in [2.45, 2.75) is 13.5 Å². The first-order valence-corrected chi connectivity index (χ1v) is 4.43. The zero-order valence-electron chi connectivity index (χ0n) is 7.70. The normalized spacial score (nSPS) is 10.9. The van der Waals surface area contributed by atoms with Crippen molar-refractivity contribution < 1.29 is 0 Å². The van der Waals surface area contributed by atoms with E-state index >= 15 is 0 Å². The monoisotopic (exact) mass is 175 g/mol. The number of hydrogen-bond donors (Lipinski definition) is 1. The SMILES string of the molecule is Cc1cc2ccncc2n1CCN. The molecule has 0 fully saturated rings. The Morgan fingerprint density at radius 3 is 3.15 bits per heavy atom. The minimum absolute atomic E-state index is 0.666. The third-order valence-electron chi connectivity index (χ3n) is 2.27. The number of hydrogen-bond acceptors (Lipinski definition) is 2. The van der Waals surface area contributed by atoms with E-state index in [4.69, 9.17) is 5.73 Å². The Hall–Kier alpha value is -1.35. The number of nitrogens with two attached hydrogens (primary N) is 1. The van der Waals surface area contributed by atoms with Gasteiger partial charge in [0.05, 0.1) is 11.7 Å². The number of aryl methyl sites for hydroxylation is 1. The molecule has 2 aromatic heterocycles. The minimum atomic E-state index is 0.666. The van der Waals surface area contributed by atoms with Gasteiger partial charge in [0.25, 0.3) is 0 Å². The zero-order chi connectivity index (χ0) is 9.26. The van der Waals surface area contributed by atoms with Gasteiger partial charge >= 0.3 is 0 Å². The molecule has 0 unspecified atom stereocenters. The van der Waals surface area contributed by atoms with E-state index in [1.54, 1.807) is 0 Å². The predicted octanol–water partition coefficient (Wildman–Crippen LogP) is 1.30. The van der Waals surface area contributed by atoms with Crippen LogP contribution in [0.3, 0.4) is 0 Å². The van der Waals surface area contributed by atoms with Crippen LogP contribution in [0.15, 0.2) is 24.5 Å². The Labute approximate surface area is 77.2 Å². The average molecular weight is 175 g/mol. The summed E-state index contributed by atoms with van der Waals surface area (Å²) in [6, 6.07) is 4.18. The molecule has 0 radical (unpaired) electrons. The van der Waals surface area contributed by atoms with E-state index < -0.39 is 0 Å². The lowest BCUT2D eigenvalue weighted by atomic mass is 10.3. The van der Waals surface area contributed by atoms with Gasteiger partial charge < -0.3 is 10.3 Å². The van der Waals surface area contributed by atoms with Gasteiger partial charge in [-0.15, -0.1) is 0 Å². The molecule has 2 N–H and O–H groups in total. The fourth-order valence-corrected chi connectivity index (χ4v) is 1.66. The Balaban J connectivity index is 2.64. The van der Waals surface area contributed by atoms with Crippen LogP contribution in [0.4, 0.5) is 0 Å². The third kappa shape index (κ3) is 1.31. The van der Waals surface area contributed by atoms with Crippen LogP contribution in [0.1, 0.15) is 5.69 Å². The van der Waals surface area contributed by atoms with Crippen molar-refractivity contribution in [3.63, 3.8) is 0 Å². The summed E-state index contributed by atoms with van der Waals surface area (Å²) in [7, 11) is 0. The summed E-state index contributed by atoms with van der Waals surface area (Å²) >= 11 is 0. The molecule has 0 bridgehead atoms. The van der Waals surface area contributed by atoms with E-state index in [1.165, 1.54) is 16.6 Å². The Kier molecular flexibility index (Phi) is 2.02. The maximum absolute atomic E-state index is 5.54. The number of pyridine rings is 1. The van der Waals surface area contributed by atoms with E-state index in [0.717, 1.165) is 6.54 Å². The number of fused-ring (bicyclic) bond motifs is 1. The second kappa shape index (κ2) is 3.18. The van der Waals surface area contributed by atoms with Crippen molar-refractivity contribution in [1.82, 2.24) is 9.55 Å². The molecule has 0 aliphatic heterocycles. The summed E-state index contributed by atoms with van der Waals surface area (Å²) in [4.78, 5) is 4.11. The summed E-state index contributed by atoms with van der Waals surface area (Å²) in [6.07, 6.45) is 3.70. The molecule has 0 aliphatic carbocycles. The van der Waals surface area contributed by atoms with Gasteiger partial charge in [0.15, 0.2) is 0 Å². The molecule has 0 atom stereocenters. The van der Waals surface area contributed by atoms with Crippen LogP contribution in [0.5, 0.6) is 0 Å². The summed E-state index contributed by atoms with van der Waals surface area (Å²) in [5.41, 5.74) is 7.95. The van der Waals surface area contributed by atoms with E-state index in [0.29, 0.717) is 6.54 Å². The van der Waals surface area contributed by atoms with Crippen LogP contribution in [-0.2, 0) is 6.54 Å². The molecule has 2 rings (SSSR count). The molecule has 0 aromatic carbocycles. The topological polar surface area (TPSA) is 43.8 Å². The molecule has 3 heteroatoms. The second-order valence-electron chi connectivity index (χ2n) is 3.16. The molecule has 2 heterocycles. The lowest BCUT2D eigenvalue weighted by Crippen LogP contribution is -2.10. The second-order valence-corrected chi connectivity index (χ2v) is 3.16. The van der Waals surface area contributed by atoms with Crippen molar-refractivity contribution in [1.29, 1.82) is 0 Å². The zero-order valence-corrected chi connectivity index (χ0v) is 7.70. The maximum Gasteiger partial charge on any atom is 0.0669 e. The highest BCUT2D eigenvalue weighted by Gasteiger charge is 2.03. The lowest BCUT2D eigenvalue weighted by Gasteiger charge is -2.04. The molecule has 68 valence electrons. The van der Waals surface area contributed by atoms with Crippen LogP contribution < -0.4 is 5.73 Å². The molecule has 0 saturated heterocycles. The van der Waals surface area contributed by atoms with E-state index in [9.17, 15) is 0 Å². The third-order valence-corrected chi connectivity index (χ3v) is 2.27. The van der Waals surface area contributed by atoms with Gasteiger partial charge in [-0.05, 0) is 19.1 Å². The van der Waals surface area contributed by atoms with Gasteiger partial charge in [-0.2, -0.15) is 0 Å². The van der Waals surface area contributed by atoms with Crippen molar-refractivity contribution in [2.75, 3.05) is 6.54 Å². The Morgan fingerprint density at radius 1 is 1.54 bits per heavy atom. The molecule has 13 heavy (non-hydrogen) atoms. The summed E-state index contributed by atoms with van der Waals surface area (Å²) in [6.45, 7) is 3.62. The molecule has 0 saturated carbocycles. The van der Waals surface area contributed by atoms with Gasteiger partial charge in [0.2, 0.25) is 0 Å². The molecule has 0 aliphatic rings. The van der Waals surface area contributed by atoms with E-state index in [2.05, 4.69) is 22.5 Å². The molecule has 0 amide bonds. The molecular formula is C10H13N3. The Morgan fingerprint density at radius 2 is 2.38 bits per heavy atom. The van der Waals surface area contributed by atoms with Gasteiger partial charge in [-0.1, -0.05) is 0 Å². The summed E-state index contributed by atoms with van der Waals surface area (Å²) in [5.74, 6) is 0. The summed E-state index contributed by atoms with van der Waals surface area (Å²) < 4.78 is 2.20. The first-order valence-electron chi connectivity index (χ1n) is 4.43. The quantitative estimate of drug-likeness (QED) is 0.747. The number of nitrogens with zero attached hydrogens (tertiary/aromatic N) is 2. The summed E-state index contributed by atoms with van der Waals surface area (Å²) in [5, 5.41) is 1.24. The van der Waals surface area contributed by atoms with Gasteiger partial charge in [0.1, 0.15) is 0 Å². The van der Waals surface area contributed by atoms with Crippen LogP contribution >= 0.6 is 0 Å². The van der Waals surface area contributed by atoms with Crippen molar-refractivity contribution in [3.8, 4) is 0 Å². The van der Waals surface area contributed by atoms with Crippen LogP contribution in [0, 0.1) is 6.92 Å². The minimum Gasteiger partial charge on any atom is -0.342 e. The molecule has 0 spiro atoms. The van der Waals surface area contributed by atoms with Crippen LogP contribution in [0.25, 0.3) is 10.9 Å². The van der Waals surface area contributed by atoms with Gasteiger partial charge in [-0.25, -0.2) is 0 Å². The highest BCUT2D eigenvalue weighted by molar-refractivity contribution is 5.80. The molecular weight excluding hydrogens is 162 g/mol. The van der Waals surface area contributed by atoms with E-state index in [-0.39, 0.29) is 0 Å². The number of rotatable bonds is 2. The fourth-order valence-electron chi connectivity index (χ4n) is 1.66. The van der Waals surface area contributed by atoms with Crippen molar-refractivity contribution in [3.05, 3.63) is 30.2 Å². The van der Waals surface area contributed by atoms with E-state index in [1.807, 2.05) is 18.5 Å². The Bertz CT molecular complexity index is 417. The number of aromatic nitrogens is 2. The average Bonchev–Trinajstić information content (AvgIpc) is 2.44. The van der Waals surface area contributed by atoms with Crippen molar-refractivity contribution >= 4 is 10.9 Å². The first kappa shape index (κ1) is 8.26. The fraction of sp³-hybridized carbons (Fsp3) is 0.300. The first-order chi connectivity index (χ1) is 6.33. The lowest BCUT2D eigenvalue weighted by molar-refractivity contribution is 0.714. The largest absolute Gasteiger partial charge is 0.342 e. The van der Waals surface area contributed by atoms with Gasteiger partial charge in [0, 0.05) is 30.4 Å². The standard InChI is InChI=1S/C10H13N3/c1-8-6-9-2-4-12-7-10(9)13(8)5-3-11/h2,4,6-7H,3,5,11H2,1H3. The highest BCUT2D eigenvalue weighted by Crippen LogP contribution is 2.17. The predicted molar refractivity (Wildman–Crippen MR) is 53.5 cm³/mol. The highest BCUT2D eigenvalue weighted by atomic mass is 15.0. The maximum atomic E-state index is 5.54.